The summed E-state index contributed by atoms with van der Waals surface area (Å²) in [7, 11) is 0. The van der Waals surface area contributed by atoms with Crippen molar-refractivity contribution in [3.8, 4) is 172 Å². The number of rotatable bonds is 20. The highest BCUT2D eigenvalue weighted by atomic mass is 16.8. The van der Waals surface area contributed by atoms with E-state index in [2.05, 4.69) is 0 Å². The Bertz CT molecular complexity index is 5660. The molecule has 46 nitrogen and oxygen atoms in total. The van der Waals surface area contributed by atoms with Crippen LogP contribution in [0.1, 0.15) is 104 Å². The number of phenols is 25. The molecule has 1 fully saturated rings. The molecule has 10 aromatic rings. The van der Waals surface area contributed by atoms with Crippen LogP contribution < -0.4 is 23.7 Å². The Morgan fingerprint density at radius 2 is 0.306 bits per heavy atom. The summed E-state index contributed by atoms with van der Waals surface area (Å²) in [6, 6.07) is 7.92. The third-order valence-corrected chi connectivity index (χ3v) is 16.6. The summed E-state index contributed by atoms with van der Waals surface area (Å²) in [5, 5.41) is 261. The smallest absolute Gasteiger partial charge is 0.343 e. The van der Waals surface area contributed by atoms with Crippen molar-refractivity contribution in [1.82, 2.24) is 0 Å². The van der Waals surface area contributed by atoms with Gasteiger partial charge in [0.05, 0.1) is 55.6 Å². The number of hydrogen-bond acceptors (Lipinski definition) is 46. The molecule has 10 aromatic carbocycles. The third kappa shape index (κ3) is 17.4. The lowest BCUT2D eigenvalue weighted by molar-refractivity contribution is -0.322. The predicted octanol–water partition coefficient (Wildman–Crippen LogP) is 4.80. The van der Waals surface area contributed by atoms with Crippen LogP contribution in [0.15, 0.2) is 121 Å². The van der Waals surface area contributed by atoms with Gasteiger partial charge in [0.1, 0.15) is 0 Å². The minimum atomic E-state index is -3.25. The molecule has 1 aliphatic rings. The number of esters is 10. The van der Waals surface area contributed by atoms with E-state index in [9.17, 15) is 161 Å². The molecule has 5 atom stereocenters. The molecular weight excluding hydrogens is 1640 g/mol. The van der Waals surface area contributed by atoms with Crippen LogP contribution in [0.5, 0.6) is 172 Å². The standard InChI is InChI=1S/C75H50O46/c76-31-1-21(2-32(77)51(31)91)64(101)111-46-16-26(11-41(86)56(46)96)69(106)116-61-62(117-70(107)27-12-42(87)57(97)47(17-27)112-65(102)22-3-33(78)52(92)34(79)4-22)74(119-72(109)29-14-44(89)59(99)49(19-29)114-67(104)24-7-37(82)54(94)38(83)8-24)121-75(120-73(110)30-15-45(90)60(100)50(20-30)115-68(105)25-9-39(84)55(95)40(85)10-25)63(61)118-71(108)28-13-43(88)58(98)48(18-28)113-66(103)23-5-35(80)53(93)36(81)6-23/h1-20,61-63,74-100H/t61-,62-,63+,74-,75?/m0/s1. The first kappa shape index (κ1) is 83.8. The summed E-state index contributed by atoms with van der Waals surface area (Å²) in [5.41, 5.74) is -10.4. The third-order valence-electron chi connectivity index (χ3n) is 16.6. The molecule has 0 saturated carbocycles. The number of carbonyl (C=O) groups is 10. The van der Waals surface area contributed by atoms with E-state index in [0.29, 0.717) is 103 Å². The van der Waals surface area contributed by atoms with Gasteiger partial charge in [0.2, 0.25) is 53.5 Å². The van der Waals surface area contributed by atoms with Crippen molar-refractivity contribution in [3.63, 3.8) is 0 Å². The van der Waals surface area contributed by atoms with Gasteiger partial charge in [-0.25, -0.2) is 47.9 Å². The van der Waals surface area contributed by atoms with E-state index in [1.165, 1.54) is 0 Å². The predicted molar refractivity (Wildman–Crippen MR) is 378 cm³/mol. The number of hydrogen-bond donors (Lipinski definition) is 25. The number of carbonyl (C=O) groups excluding carboxylic acids is 10. The maximum absolute atomic E-state index is 15.3. The van der Waals surface area contributed by atoms with Gasteiger partial charge in [-0.15, -0.1) is 0 Å². The van der Waals surface area contributed by atoms with E-state index in [0.717, 1.165) is 0 Å². The molecule has 1 unspecified atom stereocenters. The van der Waals surface area contributed by atoms with Crippen LogP contribution in [0.4, 0.5) is 0 Å². The van der Waals surface area contributed by atoms with Crippen molar-refractivity contribution in [3.05, 3.63) is 177 Å². The van der Waals surface area contributed by atoms with Gasteiger partial charge in [-0.3, -0.25) is 4.74 Å². The van der Waals surface area contributed by atoms with Gasteiger partial charge in [-0.2, -0.15) is 0 Å². The summed E-state index contributed by atoms with van der Waals surface area (Å²) >= 11 is 0. The lowest BCUT2D eigenvalue weighted by Gasteiger charge is -2.43. The van der Waals surface area contributed by atoms with Gasteiger partial charge < -0.3 is 175 Å². The molecule has 11 rings (SSSR count). The van der Waals surface area contributed by atoms with Crippen LogP contribution in [0, 0.1) is 0 Å². The number of ether oxygens (including phenoxy) is 11. The summed E-state index contributed by atoms with van der Waals surface area (Å²) in [6.45, 7) is 0. The lowest BCUT2D eigenvalue weighted by atomic mass is 10.0. The molecular formula is C75H50O46. The maximum Gasteiger partial charge on any atom is 0.343 e. The van der Waals surface area contributed by atoms with Gasteiger partial charge in [0.15, 0.2) is 150 Å². The SMILES string of the molecule is O=C(Oc1cc(C(=O)OC2O[C@H](OC(=O)c3cc(O)c(O)c(OC(=O)c4cc(O)c(O)c(O)c4)c3)[C@@H](OC(=O)c3cc(O)c(O)c(OC(=O)c4cc(O)c(O)c(O)c4)c3)[C@H](OC(=O)c3cc(O)c(O)c(OC(=O)c4cc(O)c(O)c(O)c4)c3)[C@H]2OC(=O)c2cc(O)c(O)c(OC(=O)c3cc(O)c(O)c(O)c3)c2)cc(O)c1O)c1cc(O)c(O)c(O)c1. The summed E-state index contributed by atoms with van der Waals surface area (Å²) < 4.78 is 60.1. The minimum Gasteiger partial charge on any atom is -0.504 e. The highest BCUT2D eigenvalue weighted by Crippen LogP contribution is 2.48. The molecule has 1 heterocycles. The molecule has 1 aliphatic heterocycles. The molecule has 626 valence electrons. The lowest BCUT2D eigenvalue weighted by Crippen LogP contribution is -2.63. The molecule has 0 aliphatic carbocycles. The Morgan fingerprint density at radius 1 is 0.174 bits per heavy atom. The van der Waals surface area contributed by atoms with E-state index in [1.807, 2.05) is 0 Å². The van der Waals surface area contributed by atoms with Crippen molar-refractivity contribution in [2.45, 2.75) is 30.9 Å². The Labute approximate surface area is 665 Å². The summed E-state index contributed by atoms with van der Waals surface area (Å²) in [5.74, 6) is -57.4. The van der Waals surface area contributed by atoms with Crippen molar-refractivity contribution in [1.29, 1.82) is 0 Å². The zero-order valence-electron chi connectivity index (χ0n) is 59.2. The van der Waals surface area contributed by atoms with Crippen LogP contribution in [-0.4, -0.2) is 218 Å². The zero-order valence-corrected chi connectivity index (χ0v) is 59.2. The first-order valence-electron chi connectivity index (χ1n) is 32.7. The maximum atomic E-state index is 15.3. The average molecular weight is 1690 g/mol. The van der Waals surface area contributed by atoms with E-state index in [-0.39, 0.29) is 18.2 Å². The molecule has 0 bridgehead atoms. The molecule has 0 aromatic heterocycles. The fraction of sp³-hybridized carbons (Fsp3) is 0.0667. The number of benzene rings is 10. The van der Waals surface area contributed by atoms with Crippen molar-refractivity contribution < 1.29 is 228 Å². The van der Waals surface area contributed by atoms with E-state index >= 15 is 14.4 Å². The Kier molecular flexibility index (Phi) is 22.7. The monoisotopic (exact) mass is 1690 g/mol. The molecule has 0 amide bonds. The number of phenolic OH excluding ortho intramolecular Hbond substituents is 25. The second kappa shape index (κ2) is 32.8. The minimum absolute atomic E-state index is 0.263. The largest absolute Gasteiger partial charge is 0.504 e. The fourth-order valence-electron chi connectivity index (χ4n) is 10.6. The van der Waals surface area contributed by atoms with Gasteiger partial charge in [-0.1, -0.05) is 0 Å². The van der Waals surface area contributed by atoms with Crippen LogP contribution in [0.25, 0.3) is 0 Å². The van der Waals surface area contributed by atoms with E-state index in [4.69, 9.17) is 52.1 Å². The van der Waals surface area contributed by atoms with Crippen molar-refractivity contribution >= 4 is 59.7 Å². The highest BCUT2D eigenvalue weighted by molar-refractivity contribution is 6.00. The van der Waals surface area contributed by atoms with E-state index < -0.39 is 319 Å². The van der Waals surface area contributed by atoms with Crippen molar-refractivity contribution in [2.24, 2.45) is 0 Å². The normalized spacial score (nSPS) is 14.7. The summed E-state index contributed by atoms with van der Waals surface area (Å²) in [6.07, 6.45) is -16.2. The summed E-state index contributed by atoms with van der Waals surface area (Å²) in [4.78, 5) is 143. The first-order chi connectivity index (χ1) is 56.9. The van der Waals surface area contributed by atoms with Crippen LogP contribution in [0.3, 0.4) is 0 Å². The zero-order chi connectivity index (χ0) is 88.7. The molecule has 46 heteroatoms. The van der Waals surface area contributed by atoms with E-state index in [1.54, 1.807) is 0 Å². The molecule has 121 heavy (non-hydrogen) atoms. The van der Waals surface area contributed by atoms with Crippen LogP contribution in [-0.2, 0) is 28.4 Å². The van der Waals surface area contributed by atoms with Gasteiger partial charge in [0.25, 0.3) is 0 Å². The second-order valence-electron chi connectivity index (χ2n) is 24.8. The van der Waals surface area contributed by atoms with Crippen LogP contribution in [0.2, 0.25) is 0 Å². The molecule has 0 spiro atoms. The highest BCUT2D eigenvalue weighted by Gasteiger charge is 2.57. The molecule has 0 radical (unpaired) electrons. The quantitative estimate of drug-likeness (QED) is 0.0211. The van der Waals surface area contributed by atoms with Crippen molar-refractivity contribution in [2.75, 3.05) is 0 Å². The Balaban J connectivity index is 1.10. The second-order valence-corrected chi connectivity index (χ2v) is 24.8. The van der Waals surface area contributed by atoms with Gasteiger partial charge in [-0.05, 0) is 121 Å². The molecule has 1 saturated heterocycles. The topological polar surface area (TPSA) is 778 Å². The Morgan fingerprint density at radius 3 is 0.471 bits per heavy atom. The van der Waals surface area contributed by atoms with Crippen LogP contribution >= 0.6 is 0 Å². The molecule has 25 N–H and O–H groups in total. The van der Waals surface area contributed by atoms with Gasteiger partial charge in [0, 0.05) is 0 Å². The fourth-order valence-corrected chi connectivity index (χ4v) is 10.6. The first-order valence-corrected chi connectivity index (χ1v) is 32.7. The Hall–Kier alpha value is -18.1. The number of aromatic hydroxyl groups is 25. The van der Waals surface area contributed by atoms with Gasteiger partial charge >= 0.3 is 59.7 Å². The average Bonchev–Trinajstić information content (AvgIpc) is 0.761.